The van der Waals surface area contributed by atoms with Gasteiger partial charge in [-0.3, -0.25) is 5.32 Å². The van der Waals surface area contributed by atoms with Crippen molar-refractivity contribution < 1.29 is 0 Å². The smallest absolute Gasteiger partial charge is 0.137 e. The van der Waals surface area contributed by atoms with E-state index in [-0.39, 0.29) is 0 Å². The van der Waals surface area contributed by atoms with Crippen molar-refractivity contribution in [2.45, 2.75) is 6.92 Å². The minimum atomic E-state index is 0.725. The van der Waals surface area contributed by atoms with Crippen molar-refractivity contribution in [2.75, 3.05) is 5.32 Å². The Morgan fingerprint density at radius 1 is 1.60 bits per heavy atom. The molecule has 0 spiro atoms. The summed E-state index contributed by atoms with van der Waals surface area (Å²) in [5.41, 5.74) is 0.959. The van der Waals surface area contributed by atoms with E-state index in [4.69, 9.17) is 6.42 Å². The van der Waals surface area contributed by atoms with E-state index in [0.29, 0.717) is 0 Å². The van der Waals surface area contributed by atoms with Gasteiger partial charge in [0.05, 0.1) is 0 Å². The summed E-state index contributed by atoms with van der Waals surface area (Å²) in [7, 11) is 0. The van der Waals surface area contributed by atoms with E-state index in [0.717, 1.165) is 11.5 Å². The molecule has 0 aromatic carbocycles. The maximum absolute atomic E-state index is 5.01. The zero-order valence-electron chi connectivity index (χ0n) is 5.76. The molecule has 0 amide bonds. The Hall–Kier alpha value is -1.49. The molecule has 1 aromatic heterocycles. The van der Waals surface area contributed by atoms with Crippen LogP contribution in [0.1, 0.15) is 5.69 Å². The fraction of sp³-hybridized carbons (Fsp3) is 0.125. The maximum Gasteiger partial charge on any atom is 0.137 e. The molecule has 0 aliphatic rings. The Balaban J connectivity index is 2.87. The van der Waals surface area contributed by atoms with Crippen molar-refractivity contribution in [1.29, 1.82) is 0 Å². The summed E-state index contributed by atoms with van der Waals surface area (Å²) in [6, 6.07) is 7.95. The highest BCUT2D eigenvalue weighted by atomic mass is 15.0. The third-order valence-electron chi connectivity index (χ3n) is 1.09. The molecule has 0 unspecified atom stereocenters. The lowest BCUT2D eigenvalue weighted by molar-refractivity contribution is 1.20. The summed E-state index contributed by atoms with van der Waals surface area (Å²) in [6.07, 6.45) is 5.01. The second-order valence-corrected chi connectivity index (χ2v) is 1.93. The quantitative estimate of drug-likeness (QED) is 0.461. The third-order valence-corrected chi connectivity index (χ3v) is 1.09. The van der Waals surface area contributed by atoms with Crippen LogP contribution in [0.15, 0.2) is 18.2 Å². The van der Waals surface area contributed by atoms with Gasteiger partial charge in [0.2, 0.25) is 0 Å². The number of anilines is 1. The molecule has 1 heterocycles. The SMILES string of the molecule is C#CNc1cccc(C)n1. The number of nitrogens with one attached hydrogen (secondary N) is 1. The van der Waals surface area contributed by atoms with Crippen LogP contribution in [-0.2, 0) is 0 Å². The van der Waals surface area contributed by atoms with Crippen LogP contribution in [0.5, 0.6) is 0 Å². The predicted molar refractivity (Wildman–Crippen MR) is 41.4 cm³/mol. The van der Waals surface area contributed by atoms with Gasteiger partial charge in [-0.25, -0.2) is 4.98 Å². The summed E-state index contributed by atoms with van der Waals surface area (Å²) >= 11 is 0. The molecule has 0 aliphatic heterocycles. The Labute approximate surface area is 60.3 Å². The lowest BCUT2D eigenvalue weighted by Crippen LogP contribution is -1.91. The van der Waals surface area contributed by atoms with E-state index < -0.39 is 0 Å². The largest absolute Gasteiger partial charge is 0.300 e. The molecule has 10 heavy (non-hydrogen) atoms. The van der Waals surface area contributed by atoms with Crippen molar-refractivity contribution in [3.8, 4) is 12.5 Å². The van der Waals surface area contributed by atoms with Gasteiger partial charge in [0.15, 0.2) is 0 Å². The Bertz CT molecular complexity index is 260. The van der Waals surface area contributed by atoms with Crippen LogP contribution < -0.4 is 5.32 Å². The summed E-state index contributed by atoms with van der Waals surface area (Å²) < 4.78 is 0. The first kappa shape index (κ1) is 6.63. The molecule has 1 N–H and O–H groups in total. The lowest BCUT2D eigenvalue weighted by atomic mass is 10.4. The maximum atomic E-state index is 5.01. The van der Waals surface area contributed by atoms with E-state index in [1.54, 1.807) is 0 Å². The molecule has 0 aliphatic carbocycles. The van der Waals surface area contributed by atoms with Crippen LogP contribution >= 0.6 is 0 Å². The molecular weight excluding hydrogens is 124 g/mol. The highest BCUT2D eigenvalue weighted by Gasteiger charge is 1.87. The van der Waals surface area contributed by atoms with Gasteiger partial charge >= 0.3 is 0 Å². The van der Waals surface area contributed by atoms with Gasteiger partial charge in [0.1, 0.15) is 5.82 Å². The van der Waals surface area contributed by atoms with E-state index in [2.05, 4.69) is 16.3 Å². The fourth-order valence-corrected chi connectivity index (χ4v) is 0.687. The van der Waals surface area contributed by atoms with Crippen molar-refractivity contribution in [3.63, 3.8) is 0 Å². The lowest BCUT2D eigenvalue weighted by Gasteiger charge is -1.96. The monoisotopic (exact) mass is 132 g/mol. The van der Waals surface area contributed by atoms with Crippen LogP contribution in [0.25, 0.3) is 0 Å². The molecule has 2 nitrogen and oxygen atoms in total. The van der Waals surface area contributed by atoms with Gasteiger partial charge < -0.3 is 0 Å². The topological polar surface area (TPSA) is 24.9 Å². The third kappa shape index (κ3) is 1.49. The number of aromatic nitrogens is 1. The van der Waals surface area contributed by atoms with Crippen LogP contribution in [0.2, 0.25) is 0 Å². The first-order valence-corrected chi connectivity index (χ1v) is 2.98. The van der Waals surface area contributed by atoms with Crippen LogP contribution in [0, 0.1) is 19.4 Å². The molecule has 2 heteroatoms. The van der Waals surface area contributed by atoms with Gasteiger partial charge in [0.25, 0.3) is 0 Å². The highest BCUT2D eigenvalue weighted by Crippen LogP contribution is 2.01. The van der Waals surface area contributed by atoms with Gasteiger partial charge in [-0.05, 0) is 19.1 Å². The average molecular weight is 132 g/mol. The zero-order valence-corrected chi connectivity index (χ0v) is 5.76. The van der Waals surface area contributed by atoms with Gasteiger partial charge in [-0.1, -0.05) is 12.5 Å². The van der Waals surface area contributed by atoms with Crippen molar-refractivity contribution in [3.05, 3.63) is 23.9 Å². The number of hydrogen-bond donors (Lipinski definition) is 1. The van der Waals surface area contributed by atoms with Crippen molar-refractivity contribution in [2.24, 2.45) is 0 Å². The van der Waals surface area contributed by atoms with Crippen molar-refractivity contribution >= 4 is 5.82 Å². The Morgan fingerprint density at radius 2 is 2.40 bits per heavy atom. The van der Waals surface area contributed by atoms with Crippen molar-refractivity contribution in [1.82, 2.24) is 4.98 Å². The molecular formula is C8H8N2. The van der Waals surface area contributed by atoms with Gasteiger partial charge in [-0.2, -0.15) is 0 Å². The Morgan fingerprint density at radius 3 is 3.00 bits per heavy atom. The number of terminal acetylenes is 1. The number of nitrogens with zero attached hydrogens (tertiary/aromatic N) is 1. The fourth-order valence-electron chi connectivity index (χ4n) is 0.687. The number of aryl methyl sites for hydroxylation is 1. The molecule has 0 atom stereocenters. The molecule has 0 saturated carbocycles. The first-order valence-electron chi connectivity index (χ1n) is 2.98. The second kappa shape index (κ2) is 2.88. The number of rotatable bonds is 1. The van der Waals surface area contributed by atoms with Gasteiger partial charge in [-0.15, -0.1) is 0 Å². The van der Waals surface area contributed by atoms with Crippen LogP contribution in [0.4, 0.5) is 5.82 Å². The van der Waals surface area contributed by atoms with E-state index >= 15 is 0 Å². The van der Waals surface area contributed by atoms with E-state index in [1.165, 1.54) is 0 Å². The Kier molecular flexibility index (Phi) is 1.91. The van der Waals surface area contributed by atoms with Crippen LogP contribution in [0.3, 0.4) is 0 Å². The second-order valence-electron chi connectivity index (χ2n) is 1.93. The molecule has 1 rings (SSSR count). The summed E-state index contributed by atoms with van der Waals surface area (Å²) in [5.74, 6) is 0.725. The number of pyridine rings is 1. The molecule has 0 bridgehead atoms. The standard InChI is InChI=1S/C8H8N2/c1-3-9-8-6-4-5-7(2)10-8/h1,4-6H,2H3,(H,9,10). The van der Waals surface area contributed by atoms with Crippen LogP contribution in [-0.4, -0.2) is 4.98 Å². The average Bonchev–Trinajstić information content (AvgIpc) is 1.88. The normalized spacial score (nSPS) is 8.40. The predicted octanol–water partition coefficient (Wildman–Crippen LogP) is 1.39. The zero-order chi connectivity index (χ0) is 7.40. The molecule has 0 fully saturated rings. The minimum absolute atomic E-state index is 0.725. The molecule has 0 saturated heterocycles. The molecule has 50 valence electrons. The first-order chi connectivity index (χ1) is 4.83. The molecule has 0 radical (unpaired) electrons. The van der Waals surface area contributed by atoms with E-state index in [9.17, 15) is 0 Å². The minimum Gasteiger partial charge on any atom is -0.300 e. The summed E-state index contributed by atoms with van der Waals surface area (Å²) in [6.45, 7) is 1.92. The highest BCUT2D eigenvalue weighted by molar-refractivity contribution is 5.39. The van der Waals surface area contributed by atoms with E-state index in [1.807, 2.05) is 25.1 Å². The number of hydrogen-bond acceptors (Lipinski definition) is 2. The molecule has 1 aromatic rings. The summed E-state index contributed by atoms with van der Waals surface area (Å²) in [4.78, 5) is 4.11. The summed E-state index contributed by atoms with van der Waals surface area (Å²) in [5, 5.41) is 2.66. The van der Waals surface area contributed by atoms with Gasteiger partial charge in [0, 0.05) is 11.7 Å².